The zero-order valence-corrected chi connectivity index (χ0v) is 17.6. The number of esters is 2. The van der Waals surface area contributed by atoms with Crippen molar-refractivity contribution in [3.8, 4) is 5.69 Å². The van der Waals surface area contributed by atoms with Crippen LogP contribution in [-0.2, 0) is 20.8 Å². The van der Waals surface area contributed by atoms with E-state index in [4.69, 9.17) is 4.74 Å². The largest absolute Gasteiger partial charge is 0.465 e. The number of carbonyl (C=O) groups excluding carboxylic acids is 3. The Labute approximate surface area is 185 Å². The topological polar surface area (TPSA) is 99.5 Å². The van der Waals surface area contributed by atoms with Gasteiger partial charge in [-0.05, 0) is 48.7 Å². The number of rotatable bonds is 8. The van der Waals surface area contributed by atoms with Gasteiger partial charge in [-0.3, -0.25) is 4.79 Å². The van der Waals surface area contributed by atoms with Gasteiger partial charge in [-0.1, -0.05) is 30.3 Å². The van der Waals surface area contributed by atoms with Crippen LogP contribution in [0.5, 0.6) is 0 Å². The van der Waals surface area contributed by atoms with Gasteiger partial charge in [0.05, 0.1) is 24.1 Å². The third kappa shape index (κ3) is 5.03. The Hall–Kier alpha value is -3.94. The predicted octanol–water partition coefficient (Wildman–Crippen LogP) is 3.01. The average molecular weight is 433 g/mol. The summed E-state index contributed by atoms with van der Waals surface area (Å²) in [5, 5.41) is 7.27. The second-order valence-electron chi connectivity index (χ2n) is 7.52. The van der Waals surface area contributed by atoms with Crippen molar-refractivity contribution in [2.45, 2.75) is 25.3 Å². The van der Waals surface area contributed by atoms with E-state index in [0.29, 0.717) is 17.2 Å². The van der Waals surface area contributed by atoms with Crippen molar-refractivity contribution < 1.29 is 23.9 Å². The summed E-state index contributed by atoms with van der Waals surface area (Å²) >= 11 is 0. The Kier molecular flexibility index (Phi) is 6.30. The molecule has 0 spiro atoms. The number of hydrogen-bond donors (Lipinski definition) is 1. The van der Waals surface area contributed by atoms with Gasteiger partial charge in [0.2, 0.25) is 0 Å². The zero-order chi connectivity index (χ0) is 22.5. The normalized spacial score (nSPS) is 12.8. The maximum absolute atomic E-state index is 12.7. The molecule has 32 heavy (non-hydrogen) atoms. The predicted molar refractivity (Wildman–Crippen MR) is 115 cm³/mol. The smallest absolute Gasteiger partial charge is 0.357 e. The van der Waals surface area contributed by atoms with Crippen LogP contribution in [0.4, 0.5) is 0 Å². The van der Waals surface area contributed by atoms with E-state index in [0.717, 1.165) is 29.8 Å². The van der Waals surface area contributed by atoms with E-state index in [2.05, 4.69) is 15.2 Å². The van der Waals surface area contributed by atoms with Crippen molar-refractivity contribution in [2.24, 2.45) is 0 Å². The van der Waals surface area contributed by atoms with Crippen molar-refractivity contribution in [3.05, 3.63) is 83.2 Å². The van der Waals surface area contributed by atoms with Crippen molar-refractivity contribution in [3.63, 3.8) is 0 Å². The molecule has 1 saturated carbocycles. The summed E-state index contributed by atoms with van der Waals surface area (Å²) in [5.74, 6) is -1.08. The monoisotopic (exact) mass is 433 g/mol. The number of carbonyl (C=O) groups is 3. The fraction of sp³-hybridized carbons (Fsp3) is 0.250. The second kappa shape index (κ2) is 9.47. The molecular weight excluding hydrogens is 410 g/mol. The molecule has 1 aliphatic carbocycles. The lowest BCUT2D eigenvalue weighted by atomic mass is 10.1. The highest BCUT2D eigenvalue weighted by molar-refractivity contribution is 5.91. The number of methoxy groups -OCH3 is 1. The van der Waals surface area contributed by atoms with Crippen LogP contribution in [0.2, 0.25) is 0 Å². The van der Waals surface area contributed by atoms with Gasteiger partial charge in [0, 0.05) is 12.5 Å². The molecule has 1 heterocycles. The van der Waals surface area contributed by atoms with Crippen LogP contribution in [0.15, 0.2) is 60.7 Å². The first-order chi connectivity index (χ1) is 15.5. The lowest BCUT2D eigenvalue weighted by Crippen LogP contribution is -2.28. The minimum atomic E-state index is -0.606. The van der Waals surface area contributed by atoms with Crippen LogP contribution in [0, 0.1) is 0 Å². The molecule has 8 nitrogen and oxygen atoms in total. The second-order valence-corrected chi connectivity index (χ2v) is 7.52. The minimum Gasteiger partial charge on any atom is -0.465 e. The van der Waals surface area contributed by atoms with Gasteiger partial charge < -0.3 is 14.8 Å². The van der Waals surface area contributed by atoms with Crippen LogP contribution >= 0.6 is 0 Å². The molecule has 1 N–H and O–H groups in total. The fourth-order valence-electron chi connectivity index (χ4n) is 3.22. The number of para-hydroxylation sites is 1. The van der Waals surface area contributed by atoms with Crippen LogP contribution in [0.25, 0.3) is 5.69 Å². The Morgan fingerprint density at radius 1 is 1.03 bits per heavy atom. The molecule has 0 atom stereocenters. The van der Waals surface area contributed by atoms with Crippen LogP contribution < -0.4 is 5.32 Å². The molecule has 1 amide bonds. The molecule has 0 unspecified atom stereocenters. The number of ether oxygens (including phenoxy) is 2. The first-order valence-corrected chi connectivity index (χ1v) is 10.3. The molecular formula is C24H23N3O5. The van der Waals surface area contributed by atoms with E-state index in [1.807, 2.05) is 30.3 Å². The maximum Gasteiger partial charge on any atom is 0.357 e. The third-order valence-corrected chi connectivity index (χ3v) is 5.13. The summed E-state index contributed by atoms with van der Waals surface area (Å²) in [6, 6.07) is 17.8. The lowest BCUT2D eigenvalue weighted by molar-refractivity contribution is -0.124. The zero-order valence-electron chi connectivity index (χ0n) is 17.6. The van der Waals surface area contributed by atoms with E-state index >= 15 is 0 Å². The number of nitrogens with zero attached hydrogens (tertiary/aromatic N) is 2. The molecule has 8 heteroatoms. The standard InChI is InChI=1S/C24H23N3O5/c1-31-23(29)18-9-7-16(8-10-18)14-25-22(28)15-32-24(30)21-13-20(17-11-12-17)26-27(21)19-5-3-2-4-6-19/h2-10,13,17H,11-12,14-15H2,1H3,(H,25,28). The van der Waals surface area contributed by atoms with Crippen molar-refractivity contribution >= 4 is 17.8 Å². The number of nitrogens with one attached hydrogen (secondary N) is 1. The summed E-state index contributed by atoms with van der Waals surface area (Å²) in [6.45, 7) is -0.163. The maximum atomic E-state index is 12.7. The number of aromatic nitrogens is 2. The van der Waals surface area contributed by atoms with Crippen LogP contribution in [0.1, 0.15) is 50.9 Å². The summed E-state index contributed by atoms with van der Waals surface area (Å²) in [6.07, 6.45) is 2.12. The molecule has 0 bridgehead atoms. The van der Waals surface area contributed by atoms with Gasteiger partial charge in [-0.2, -0.15) is 5.10 Å². The molecule has 3 aromatic rings. The lowest BCUT2D eigenvalue weighted by Gasteiger charge is -2.09. The average Bonchev–Trinajstić information content (AvgIpc) is 3.59. The van der Waals surface area contributed by atoms with E-state index in [-0.39, 0.29) is 6.54 Å². The van der Waals surface area contributed by atoms with Crippen molar-refractivity contribution in [1.82, 2.24) is 15.1 Å². The van der Waals surface area contributed by atoms with Gasteiger partial charge in [-0.25, -0.2) is 14.3 Å². The van der Waals surface area contributed by atoms with Gasteiger partial charge in [0.1, 0.15) is 0 Å². The molecule has 1 fully saturated rings. The fourth-order valence-corrected chi connectivity index (χ4v) is 3.22. The summed E-state index contributed by atoms with van der Waals surface area (Å²) in [4.78, 5) is 36.3. The summed E-state index contributed by atoms with van der Waals surface area (Å²) in [5.41, 5.74) is 3.14. The van der Waals surface area contributed by atoms with Crippen LogP contribution in [-0.4, -0.2) is 41.3 Å². The van der Waals surface area contributed by atoms with Gasteiger partial charge in [0.25, 0.3) is 5.91 Å². The quantitative estimate of drug-likeness (QED) is 0.548. The van der Waals surface area contributed by atoms with Gasteiger partial charge in [0.15, 0.2) is 12.3 Å². The van der Waals surface area contributed by atoms with E-state index in [1.54, 1.807) is 35.0 Å². The Morgan fingerprint density at radius 3 is 2.41 bits per heavy atom. The molecule has 1 aliphatic rings. The molecule has 2 aromatic carbocycles. The Morgan fingerprint density at radius 2 is 1.75 bits per heavy atom. The minimum absolute atomic E-state index is 0.242. The van der Waals surface area contributed by atoms with E-state index in [1.165, 1.54) is 7.11 Å². The first-order valence-electron chi connectivity index (χ1n) is 10.3. The molecule has 0 radical (unpaired) electrons. The first kappa shape index (κ1) is 21.3. The van der Waals surface area contributed by atoms with Gasteiger partial charge in [-0.15, -0.1) is 0 Å². The Bertz CT molecular complexity index is 1120. The summed E-state index contributed by atoms with van der Waals surface area (Å²) < 4.78 is 11.5. The van der Waals surface area contributed by atoms with Crippen molar-refractivity contribution in [2.75, 3.05) is 13.7 Å². The summed E-state index contributed by atoms with van der Waals surface area (Å²) in [7, 11) is 1.32. The molecule has 4 rings (SSSR count). The van der Waals surface area contributed by atoms with Crippen LogP contribution in [0.3, 0.4) is 0 Å². The molecule has 0 saturated heterocycles. The van der Waals surface area contributed by atoms with Crippen molar-refractivity contribution in [1.29, 1.82) is 0 Å². The number of hydrogen-bond acceptors (Lipinski definition) is 6. The molecule has 164 valence electrons. The third-order valence-electron chi connectivity index (χ3n) is 5.13. The molecule has 1 aromatic heterocycles. The van der Waals surface area contributed by atoms with Gasteiger partial charge >= 0.3 is 11.9 Å². The highest BCUT2D eigenvalue weighted by Gasteiger charge is 2.29. The Balaban J connectivity index is 1.34. The highest BCUT2D eigenvalue weighted by atomic mass is 16.5. The number of benzene rings is 2. The number of amides is 1. The highest BCUT2D eigenvalue weighted by Crippen LogP contribution is 2.39. The molecule has 0 aliphatic heterocycles. The van der Waals surface area contributed by atoms with E-state index in [9.17, 15) is 14.4 Å². The SMILES string of the molecule is COC(=O)c1ccc(CNC(=O)COC(=O)c2cc(C3CC3)nn2-c2ccccc2)cc1. The van der Waals surface area contributed by atoms with E-state index < -0.39 is 24.5 Å².